The zero-order valence-electron chi connectivity index (χ0n) is 14.2. The van der Waals surface area contributed by atoms with Crippen molar-refractivity contribution >= 4 is 5.69 Å². The van der Waals surface area contributed by atoms with Gasteiger partial charge in [0.15, 0.2) is 18.1 Å². The number of rotatable bonds is 8. The van der Waals surface area contributed by atoms with Crippen LogP contribution < -0.4 is 14.8 Å². The van der Waals surface area contributed by atoms with Gasteiger partial charge in [-0.25, -0.2) is 4.39 Å². The number of ether oxygens (including phenoxy) is 2. The minimum Gasteiger partial charge on any atom is -0.493 e. The molecule has 0 aromatic heterocycles. The van der Waals surface area contributed by atoms with Gasteiger partial charge < -0.3 is 14.8 Å². The maximum absolute atomic E-state index is 13.6. The second-order valence-corrected chi connectivity index (χ2v) is 5.49. The van der Waals surface area contributed by atoms with Crippen LogP contribution in [0.15, 0.2) is 36.4 Å². The molecule has 2 aromatic carbocycles. The highest BCUT2D eigenvalue weighted by Crippen LogP contribution is 2.35. The van der Waals surface area contributed by atoms with Crippen LogP contribution >= 0.6 is 0 Å². The molecule has 2 aromatic rings. The first-order valence-corrected chi connectivity index (χ1v) is 7.70. The van der Waals surface area contributed by atoms with Crippen molar-refractivity contribution in [2.24, 2.45) is 0 Å². The Labute approximate surface area is 151 Å². The van der Waals surface area contributed by atoms with Crippen LogP contribution in [0.25, 0.3) is 0 Å². The fourth-order valence-corrected chi connectivity index (χ4v) is 2.31. The van der Waals surface area contributed by atoms with Crippen molar-refractivity contribution in [2.75, 3.05) is 13.7 Å². The van der Waals surface area contributed by atoms with E-state index < -0.39 is 29.2 Å². The van der Waals surface area contributed by atoms with Gasteiger partial charge in [0, 0.05) is 24.2 Å². The zero-order chi connectivity index (χ0) is 20.0. The van der Waals surface area contributed by atoms with Crippen molar-refractivity contribution in [3.05, 3.63) is 63.5 Å². The summed E-state index contributed by atoms with van der Waals surface area (Å²) in [6, 6.07) is 8.14. The predicted molar refractivity (Wildman–Crippen MR) is 88.1 cm³/mol. The van der Waals surface area contributed by atoms with E-state index in [4.69, 9.17) is 4.74 Å². The van der Waals surface area contributed by atoms with Gasteiger partial charge in [-0.3, -0.25) is 10.1 Å². The Balaban J connectivity index is 2.19. The Morgan fingerprint density at radius 2 is 1.78 bits per heavy atom. The number of nitrogens with one attached hydrogen (secondary N) is 1. The van der Waals surface area contributed by atoms with E-state index in [0.29, 0.717) is 5.56 Å². The summed E-state index contributed by atoms with van der Waals surface area (Å²) in [7, 11) is 1.21. The van der Waals surface area contributed by atoms with Gasteiger partial charge in [0.05, 0.1) is 18.1 Å². The van der Waals surface area contributed by atoms with E-state index in [0.717, 1.165) is 6.07 Å². The van der Waals surface area contributed by atoms with Gasteiger partial charge in [-0.1, -0.05) is 18.2 Å². The van der Waals surface area contributed by atoms with Crippen molar-refractivity contribution in [1.82, 2.24) is 5.32 Å². The lowest BCUT2D eigenvalue weighted by Gasteiger charge is -2.14. The van der Waals surface area contributed by atoms with Gasteiger partial charge in [-0.05, 0) is 12.1 Å². The Hall–Kier alpha value is -2.88. The molecule has 0 bridgehead atoms. The third-order valence-corrected chi connectivity index (χ3v) is 3.54. The van der Waals surface area contributed by atoms with Crippen molar-refractivity contribution in [3.63, 3.8) is 0 Å². The van der Waals surface area contributed by atoms with Gasteiger partial charge >= 0.3 is 6.18 Å². The van der Waals surface area contributed by atoms with Crippen LogP contribution in [0, 0.1) is 15.9 Å². The van der Waals surface area contributed by atoms with Gasteiger partial charge in [0.1, 0.15) is 5.82 Å². The second kappa shape index (κ2) is 8.67. The largest absolute Gasteiger partial charge is 0.493 e. The van der Waals surface area contributed by atoms with Crippen LogP contribution in [0.3, 0.4) is 0 Å². The average Bonchev–Trinajstić information content (AvgIpc) is 2.60. The molecule has 0 amide bonds. The Morgan fingerprint density at radius 3 is 2.37 bits per heavy atom. The molecule has 0 unspecified atom stereocenters. The Kier molecular flexibility index (Phi) is 6.56. The van der Waals surface area contributed by atoms with Gasteiger partial charge in [-0.2, -0.15) is 13.2 Å². The molecule has 6 nitrogen and oxygen atoms in total. The van der Waals surface area contributed by atoms with Crippen molar-refractivity contribution in [1.29, 1.82) is 0 Å². The molecule has 0 fully saturated rings. The SMILES string of the molecule is COc1cc(CNCc2ccccc2F)c([N+](=O)[O-])cc1OCC(F)(F)F. The van der Waals surface area contributed by atoms with E-state index in [9.17, 15) is 27.7 Å². The van der Waals surface area contributed by atoms with Crippen molar-refractivity contribution in [3.8, 4) is 11.5 Å². The molecule has 1 N–H and O–H groups in total. The molecule has 0 saturated carbocycles. The highest BCUT2D eigenvalue weighted by Gasteiger charge is 2.30. The monoisotopic (exact) mass is 388 g/mol. The number of methoxy groups -OCH3 is 1. The molecular weight excluding hydrogens is 372 g/mol. The summed E-state index contributed by atoms with van der Waals surface area (Å²) in [5, 5.41) is 14.1. The number of halogens is 4. The number of hydrogen-bond donors (Lipinski definition) is 1. The number of nitro benzene ring substituents is 1. The number of nitro groups is 1. The highest BCUT2D eigenvalue weighted by atomic mass is 19.4. The van der Waals surface area contributed by atoms with Gasteiger partial charge in [0.2, 0.25) is 0 Å². The van der Waals surface area contributed by atoms with Crippen LogP contribution in [-0.4, -0.2) is 24.8 Å². The van der Waals surface area contributed by atoms with Gasteiger partial charge in [-0.15, -0.1) is 0 Å². The maximum Gasteiger partial charge on any atom is 0.422 e. The first-order chi connectivity index (χ1) is 12.7. The summed E-state index contributed by atoms with van der Waals surface area (Å²) >= 11 is 0. The second-order valence-electron chi connectivity index (χ2n) is 5.49. The first-order valence-electron chi connectivity index (χ1n) is 7.70. The van der Waals surface area contributed by atoms with Crippen LogP contribution in [0.1, 0.15) is 11.1 Å². The number of benzene rings is 2. The van der Waals surface area contributed by atoms with Gasteiger partial charge in [0.25, 0.3) is 5.69 Å². The smallest absolute Gasteiger partial charge is 0.422 e. The third-order valence-electron chi connectivity index (χ3n) is 3.54. The molecule has 0 saturated heterocycles. The normalized spacial score (nSPS) is 11.3. The number of hydrogen-bond acceptors (Lipinski definition) is 5. The molecule has 2 rings (SSSR count). The van der Waals surface area contributed by atoms with Crippen molar-refractivity contribution in [2.45, 2.75) is 19.3 Å². The molecule has 0 aliphatic heterocycles. The molecule has 27 heavy (non-hydrogen) atoms. The van der Waals surface area contributed by atoms with Crippen LogP contribution in [0.4, 0.5) is 23.2 Å². The fraction of sp³-hybridized carbons (Fsp3) is 0.294. The molecule has 10 heteroatoms. The molecule has 0 atom stereocenters. The van der Waals surface area contributed by atoms with Crippen LogP contribution in [0.2, 0.25) is 0 Å². The van der Waals surface area contributed by atoms with Crippen LogP contribution in [-0.2, 0) is 13.1 Å². The number of nitrogens with zero attached hydrogens (tertiary/aromatic N) is 1. The lowest BCUT2D eigenvalue weighted by atomic mass is 10.1. The Morgan fingerprint density at radius 1 is 1.11 bits per heavy atom. The van der Waals surface area contributed by atoms with E-state index >= 15 is 0 Å². The first kappa shape index (κ1) is 20.4. The standard InChI is InChI=1S/C17H16F4N2O4/c1-26-15-6-12(9-22-8-11-4-2-3-5-13(11)18)14(23(24)25)7-16(15)27-10-17(19,20)21/h2-7,22H,8-10H2,1H3. The molecule has 0 heterocycles. The molecule has 0 spiro atoms. The van der Waals surface area contributed by atoms with E-state index in [1.807, 2.05) is 0 Å². The van der Waals surface area contributed by atoms with E-state index in [1.54, 1.807) is 12.1 Å². The maximum atomic E-state index is 13.6. The van der Waals surface area contributed by atoms with Crippen molar-refractivity contribution < 1.29 is 32.0 Å². The fourth-order valence-electron chi connectivity index (χ4n) is 2.31. The third kappa shape index (κ3) is 5.81. The molecular formula is C17H16F4N2O4. The molecule has 0 aliphatic carbocycles. The summed E-state index contributed by atoms with van der Waals surface area (Å²) in [6.07, 6.45) is -4.60. The lowest BCUT2D eigenvalue weighted by molar-refractivity contribution is -0.385. The summed E-state index contributed by atoms with van der Waals surface area (Å²) < 4.78 is 60.2. The molecule has 0 aliphatic rings. The minimum absolute atomic E-state index is 0.0272. The Bertz CT molecular complexity index is 812. The summed E-state index contributed by atoms with van der Waals surface area (Å²) in [6.45, 7) is -1.52. The molecule has 146 valence electrons. The quantitative estimate of drug-likeness (QED) is 0.421. The predicted octanol–water partition coefficient (Wildman–Crippen LogP) is 3.97. The van der Waals surface area contributed by atoms with Crippen LogP contribution in [0.5, 0.6) is 11.5 Å². The summed E-state index contributed by atoms with van der Waals surface area (Å²) in [5.41, 5.74) is 0.0961. The molecule has 0 radical (unpaired) electrons. The van der Waals surface area contributed by atoms with E-state index in [1.165, 1.54) is 25.3 Å². The zero-order valence-corrected chi connectivity index (χ0v) is 14.2. The summed E-state index contributed by atoms with van der Waals surface area (Å²) in [4.78, 5) is 10.5. The number of alkyl halides is 3. The van der Waals surface area contributed by atoms with E-state index in [2.05, 4.69) is 10.1 Å². The average molecular weight is 388 g/mol. The topological polar surface area (TPSA) is 73.6 Å². The minimum atomic E-state index is -4.60. The van der Waals surface area contributed by atoms with E-state index in [-0.39, 0.29) is 30.2 Å². The highest BCUT2D eigenvalue weighted by molar-refractivity contribution is 5.54. The lowest BCUT2D eigenvalue weighted by Crippen LogP contribution is -2.20. The summed E-state index contributed by atoms with van der Waals surface area (Å²) in [5.74, 6) is -0.889.